The number of rotatable bonds is 8. The normalized spacial score (nSPS) is 11.2. The number of para-hydroxylation sites is 1. The van der Waals surface area contributed by atoms with Crippen LogP contribution in [0.15, 0.2) is 237 Å². The van der Waals surface area contributed by atoms with Gasteiger partial charge in [-0.25, -0.2) is 0 Å². The predicted molar refractivity (Wildman–Crippen MR) is 243 cm³/mol. The lowest BCUT2D eigenvalue weighted by atomic mass is 9.85. The lowest BCUT2D eigenvalue weighted by Gasteiger charge is -2.27. The van der Waals surface area contributed by atoms with Crippen LogP contribution in [0.3, 0.4) is 0 Å². The molecule has 0 bridgehead atoms. The number of anilines is 3. The summed E-state index contributed by atoms with van der Waals surface area (Å²) in [6, 6.07) is 85.5. The Hall–Kier alpha value is -7.48. The molecule has 0 aromatic heterocycles. The Labute approximate surface area is 334 Å². The van der Waals surface area contributed by atoms with Crippen LogP contribution in [0, 0.1) is 0 Å². The third kappa shape index (κ3) is 6.46. The number of hydrogen-bond acceptors (Lipinski definition) is 1. The summed E-state index contributed by atoms with van der Waals surface area (Å²) in [4.78, 5) is 2.38. The summed E-state index contributed by atoms with van der Waals surface area (Å²) in [6.07, 6.45) is 0. The molecule has 10 rings (SSSR count). The molecule has 0 saturated heterocycles. The third-order valence-corrected chi connectivity index (χ3v) is 11.1. The van der Waals surface area contributed by atoms with Gasteiger partial charge in [-0.15, -0.1) is 0 Å². The quantitative estimate of drug-likeness (QED) is 0.141. The van der Waals surface area contributed by atoms with Gasteiger partial charge in [-0.1, -0.05) is 194 Å². The van der Waals surface area contributed by atoms with Gasteiger partial charge in [0.25, 0.3) is 0 Å². The molecule has 0 fully saturated rings. The van der Waals surface area contributed by atoms with Crippen LogP contribution >= 0.6 is 0 Å². The van der Waals surface area contributed by atoms with Crippen molar-refractivity contribution in [2.45, 2.75) is 0 Å². The van der Waals surface area contributed by atoms with E-state index in [0.29, 0.717) is 0 Å². The van der Waals surface area contributed by atoms with E-state index in [2.05, 4.69) is 241 Å². The van der Waals surface area contributed by atoms with E-state index >= 15 is 0 Å². The van der Waals surface area contributed by atoms with Gasteiger partial charge in [0.05, 0.1) is 0 Å². The van der Waals surface area contributed by atoms with E-state index in [9.17, 15) is 0 Å². The van der Waals surface area contributed by atoms with Crippen LogP contribution in [0.2, 0.25) is 0 Å². The Kier molecular flexibility index (Phi) is 8.95. The molecule has 0 aliphatic heterocycles. The van der Waals surface area contributed by atoms with Crippen molar-refractivity contribution in [3.63, 3.8) is 0 Å². The second-order valence-electron chi connectivity index (χ2n) is 14.5. The van der Waals surface area contributed by atoms with Crippen LogP contribution < -0.4 is 4.90 Å². The van der Waals surface area contributed by atoms with Gasteiger partial charge in [-0.05, 0) is 120 Å². The van der Waals surface area contributed by atoms with Crippen LogP contribution in [-0.4, -0.2) is 0 Å². The largest absolute Gasteiger partial charge is 0.310 e. The second kappa shape index (κ2) is 15.0. The summed E-state index contributed by atoms with van der Waals surface area (Å²) in [5.41, 5.74) is 15.5. The van der Waals surface area contributed by atoms with E-state index in [0.717, 1.165) is 17.1 Å². The Morgan fingerprint density at radius 2 is 0.632 bits per heavy atom. The van der Waals surface area contributed by atoms with Crippen molar-refractivity contribution in [3.05, 3.63) is 237 Å². The van der Waals surface area contributed by atoms with Crippen molar-refractivity contribution in [1.29, 1.82) is 0 Å². The van der Waals surface area contributed by atoms with Crippen LogP contribution in [0.25, 0.3) is 77.2 Å². The monoisotopic (exact) mass is 725 g/mol. The van der Waals surface area contributed by atoms with Gasteiger partial charge >= 0.3 is 0 Å². The zero-order valence-electron chi connectivity index (χ0n) is 31.5. The minimum absolute atomic E-state index is 1.10. The van der Waals surface area contributed by atoms with E-state index in [1.807, 2.05) is 0 Å². The topological polar surface area (TPSA) is 3.24 Å². The van der Waals surface area contributed by atoms with Crippen molar-refractivity contribution in [3.8, 4) is 55.6 Å². The van der Waals surface area contributed by atoms with Crippen molar-refractivity contribution < 1.29 is 0 Å². The molecule has 0 saturated carbocycles. The molecule has 268 valence electrons. The number of nitrogens with zero attached hydrogens (tertiary/aromatic N) is 1. The lowest BCUT2D eigenvalue weighted by molar-refractivity contribution is 1.29. The summed E-state index contributed by atoms with van der Waals surface area (Å²) < 4.78 is 0. The first-order chi connectivity index (χ1) is 28.3. The molecule has 1 heteroatoms. The lowest BCUT2D eigenvalue weighted by Crippen LogP contribution is -2.09. The molecule has 0 spiro atoms. The minimum Gasteiger partial charge on any atom is -0.310 e. The summed E-state index contributed by atoms with van der Waals surface area (Å²) in [5.74, 6) is 0. The molecule has 0 atom stereocenters. The highest BCUT2D eigenvalue weighted by molar-refractivity contribution is 6.22. The molecule has 0 amide bonds. The second-order valence-corrected chi connectivity index (χ2v) is 14.5. The average Bonchev–Trinajstić information content (AvgIpc) is 3.30. The van der Waals surface area contributed by atoms with Crippen molar-refractivity contribution in [2.24, 2.45) is 0 Å². The smallest absolute Gasteiger partial charge is 0.0468 e. The van der Waals surface area contributed by atoms with Gasteiger partial charge in [-0.2, -0.15) is 0 Å². The third-order valence-electron chi connectivity index (χ3n) is 11.1. The van der Waals surface area contributed by atoms with Crippen LogP contribution in [0.5, 0.6) is 0 Å². The van der Waals surface area contributed by atoms with Crippen LogP contribution in [0.4, 0.5) is 17.1 Å². The van der Waals surface area contributed by atoms with Crippen molar-refractivity contribution in [1.82, 2.24) is 0 Å². The van der Waals surface area contributed by atoms with Crippen molar-refractivity contribution in [2.75, 3.05) is 4.90 Å². The zero-order valence-corrected chi connectivity index (χ0v) is 31.5. The van der Waals surface area contributed by atoms with Gasteiger partial charge in [0, 0.05) is 17.1 Å². The number of fused-ring (bicyclic) bond motifs is 3. The van der Waals surface area contributed by atoms with E-state index in [-0.39, 0.29) is 0 Å². The predicted octanol–water partition coefficient (Wildman–Crippen LogP) is 15.8. The minimum atomic E-state index is 1.10. The Balaban J connectivity index is 1.13. The first kappa shape index (κ1) is 34.0. The molecule has 0 N–H and O–H groups in total. The number of hydrogen-bond donors (Lipinski definition) is 0. The first-order valence-electron chi connectivity index (χ1n) is 19.6. The summed E-state index contributed by atoms with van der Waals surface area (Å²) in [6.45, 7) is 0. The highest BCUT2D eigenvalue weighted by Gasteiger charge is 2.20. The molecule has 0 unspecified atom stereocenters. The van der Waals surface area contributed by atoms with Gasteiger partial charge < -0.3 is 4.90 Å². The first-order valence-corrected chi connectivity index (χ1v) is 19.6. The van der Waals surface area contributed by atoms with Gasteiger partial charge in [0.2, 0.25) is 0 Å². The summed E-state index contributed by atoms with van der Waals surface area (Å²) in [5, 5.41) is 4.95. The fourth-order valence-corrected chi connectivity index (χ4v) is 8.40. The molecule has 0 radical (unpaired) electrons. The molecule has 0 heterocycles. The molecule has 0 aliphatic rings. The SMILES string of the molecule is c1ccc(-c2ccc(-c3ccc(N(c4ccccc4)c4ccc5c(-c6ccccc6)c(-c6ccccc6)c6ccccc6c5c4)cc3)c(-c3ccccc3)c2)cc1. The molecule has 0 aliphatic carbocycles. The Bertz CT molecular complexity index is 2960. The number of benzene rings is 10. The summed E-state index contributed by atoms with van der Waals surface area (Å²) >= 11 is 0. The fraction of sp³-hybridized carbons (Fsp3) is 0. The molecular formula is C56H39N. The van der Waals surface area contributed by atoms with Crippen LogP contribution in [0.1, 0.15) is 0 Å². The standard InChI is InChI=1S/C56H39N/c1-6-18-40(19-7-1)45-32-36-49(53(38-45)41-20-8-2-9-21-41)42-30-33-47(34-31-42)57(46-26-14-5-15-27-46)48-35-37-52-54(39-48)50-28-16-17-29-51(50)55(43-22-10-3-11-23-43)56(52)44-24-12-4-13-25-44/h1-39H. The maximum atomic E-state index is 2.38. The van der Waals surface area contributed by atoms with Gasteiger partial charge in [-0.3, -0.25) is 0 Å². The maximum Gasteiger partial charge on any atom is 0.0468 e. The summed E-state index contributed by atoms with van der Waals surface area (Å²) in [7, 11) is 0. The zero-order chi connectivity index (χ0) is 38.0. The van der Waals surface area contributed by atoms with Crippen molar-refractivity contribution >= 4 is 38.6 Å². The Morgan fingerprint density at radius 1 is 0.211 bits per heavy atom. The Morgan fingerprint density at radius 3 is 1.23 bits per heavy atom. The highest BCUT2D eigenvalue weighted by Crippen LogP contribution is 2.47. The molecule has 10 aromatic rings. The molecular weight excluding hydrogens is 687 g/mol. The van der Waals surface area contributed by atoms with E-state index in [4.69, 9.17) is 0 Å². The maximum absolute atomic E-state index is 2.38. The molecule has 57 heavy (non-hydrogen) atoms. The fourth-order valence-electron chi connectivity index (χ4n) is 8.40. The van der Waals surface area contributed by atoms with E-state index in [1.165, 1.54) is 77.2 Å². The van der Waals surface area contributed by atoms with E-state index < -0.39 is 0 Å². The van der Waals surface area contributed by atoms with Crippen LogP contribution in [-0.2, 0) is 0 Å². The molecule has 10 aromatic carbocycles. The van der Waals surface area contributed by atoms with E-state index in [1.54, 1.807) is 0 Å². The average molecular weight is 726 g/mol. The highest BCUT2D eigenvalue weighted by atomic mass is 15.1. The van der Waals surface area contributed by atoms with Gasteiger partial charge in [0.15, 0.2) is 0 Å². The molecule has 1 nitrogen and oxygen atoms in total. The van der Waals surface area contributed by atoms with Gasteiger partial charge in [0.1, 0.15) is 0 Å².